The Hall–Kier alpha value is -1.15. The average molecular weight is 369 g/mol. The summed E-state index contributed by atoms with van der Waals surface area (Å²) in [5, 5.41) is 0. The molecule has 1 aromatic rings. The highest BCUT2D eigenvalue weighted by molar-refractivity contribution is 5.86. The lowest BCUT2D eigenvalue weighted by Gasteiger charge is -2.39. The van der Waals surface area contributed by atoms with Crippen LogP contribution >= 0.6 is 0 Å². The predicted octanol–water partition coefficient (Wildman–Crippen LogP) is 6.99. The van der Waals surface area contributed by atoms with Crippen LogP contribution in [0, 0.1) is 24.7 Å². The van der Waals surface area contributed by atoms with Gasteiger partial charge in [-0.2, -0.15) is 0 Å². The molecule has 1 aliphatic heterocycles. The molecule has 0 atom stereocenters. The highest BCUT2D eigenvalue weighted by atomic mass is 15.1. The van der Waals surface area contributed by atoms with Crippen LogP contribution in [0.5, 0.6) is 0 Å². The topological polar surface area (TPSA) is 15.6 Å². The molecule has 0 unspecified atom stereocenters. The van der Waals surface area contributed by atoms with Crippen molar-refractivity contribution < 1.29 is 0 Å². The molecule has 1 heterocycles. The fourth-order valence-corrected chi connectivity index (χ4v) is 5.38. The van der Waals surface area contributed by atoms with Crippen molar-refractivity contribution >= 4 is 11.4 Å². The number of hydrogen-bond acceptors (Lipinski definition) is 2. The monoisotopic (exact) mass is 368 g/mol. The van der Waals surface area contributed by atoms with Gasteiger partial charge >= 0.3 is 0 Å². The summed E-state index contributed by atoms with van der Waals surface area (Å²) in [6, 6.07) is 4.74. The maximum absolute atomic E-state index is 4.98. The number of nitrogens with zero attached hydrogens (tertiary/aromatic N) is 2. The van der Waals surface area contributed by atoms with Gasteiger partial charge in [0.15, 0.2) is 0 Å². The van der Waals surface area contributed by atoms with E-state index in [0.29, 0.717) is 10.8 Å². The molecule has 0 aromatic heterocycles. The van der Waals surface area contributed by atoms with Gasteiger partial charge in [-0.3, -0.25) is 9.89 Å². The number of benzene rings is 1. The zero-order valence-corrected chi connectivity index (χ0v) is 18.6. The molecular weight excluding hydrogens is 328 g/mol. The van der Waals surface area contributed by atoms with Crippen LogP contribution in [-0.4, -0.2) is 23.7 Å². The second kappa shape index (κ2) is 8.07. The molecule has 1 saturated heterocycles. The molecule has 2 nitrogen and oxygen atoms in total. The van der Waals surface area contributed by atoms with Crippen LogP contribution in [0.3, 0.4) is 0 Å². The van der Waals surface area contributed by atoms with Crippen LogP contribution in [-0.2, 0) is 6.54 Å². The van der Waals surface area contributed by atoms with Crippen LogP contribution in [0.15, 0.2) is 17.1 Å². The molecule has 0 bridgehead atoms. The lowest BCUT2D eigenvalue weighted by Crippen LogP contribution is -2.38. The van der Waals surface area contributed by atoms with Crippen molar-refractivity contribution in [3.8, 4) is 0 Å². The molecule has 0 radical (unpaired) electrons. The first-order chi connectivity index (χ1) is 12.7. The molecule has 27 heavy (non-hydrogen) atoms. The number of rotatable bonds is 4. The Morgan fingerprint density at radius 1 is 1.00 bits per heavy atom. The normalized spacial score (nSPS) is 21.2. The van der Waals surface area contributed by atoms with Gasteiger partial charge in [0.05, 0.1) is 5.69 Å². The lowest BCUT2D eigenvalue weighted by molar-refractivity contribution is 0.103. The summed E-state index contributed by atoms with van der Waals surface area (Å²) in [5.74, 6) is 0. The van der Waals surface area contributed by atoms with Crippen molar-refractivity contribution in [3.05, 3.63) is 28.8 Å². The lowest BCUT2D eigenvalue weighted by atomic mass is 9.77. The third-order valence-corrected chi connectivity index (χ3v) is 6.63. The summed E-state index contributed by atoms with van der Waals surface area (Å²) in [7, 11) is 0. The zero-order valence-electron chi connectivity index (χ0n) is 18.6. The Kier molecular flexibility index (Phi) is 6.15. The van der Waals surface area contributed by atoms with Gasteiger partial charge in [-0.1, -0.05) is 45.7 Å². The molecule has 1 aliphatic carbocycles. The van der Waals surface area contributed by atoms with E-state index < -0.39 is 0 Å². The van der Waals surface area contributed by atoms with Crippen LogP contribution < -0.4 is 0 Å². The minimum Gasteiger partial charge on any atom is -0.299 e. The van der Waals surface area contributed by atoms with Crippen LogP contribution in [0.1, 0.15) is 89.3 Å². The van der Waals surface area contributed by atoms with E-state index in [2.05, 4.69) is 58.6 Å². The van der Waals surface area contributed by atoms with Crippen LogP contribution in [0.2, 0.25) is 0 Å². The third kappa shape index (κ3) is 5.44. The smallest absolute Gasteiger partial charge is 0.0687 e. The van der Waals surface area contributed by atoms with Crippen LogP contribution in [0.25, 0.3) is 0 Å². The van der Waals surface area contributed by atoms with Gasteiger partial charge in [-0.05, 0) is 93.5 Å². The minimum absolute atomic E-state index is 0.292. The number of likely N-dealkylation sites (tertiary alicyclic amines) is 1. The summed E-state index contributed by atoms with van der Waals surface area (Å²) in [6.07, 6.45) is 9.78. The van der Waals surface area contributed by atoms with Crippen molar-refractivity contribution in [1.29, 1.82) is 0 Å². The zero-order chi connectivity index (χ0) is 19.7. The molecule has 1 spiro atoms. The van der Waals surface area contributed by atoms with E-state index in [1.165, 1.54) is 79.7 Å². The Labute approximate surface area is 167 Å². The Morgan fingerprint density at radius 3 is 2.07 bits per heavy atom. The highest BCUT2D eigenvalue weighted by Crippen LogP contribution is 2.46. The Bertz CT molecular complexity index is 654. The summed E-state index contributed by atoms with van der Waals surface area (Å²) in [6.45, 7) is 17.1. The van der Waals surface area contributed by atoms with E-state index in [9.17, 15) is 0 Å². The number of piperidine rings is 1. The van der Waals surface area contributed by atoms with Crippen molar-refractivity contribution in [2.24, 2.45) is 15.8 Å². The minimum atomic E-state index is 0.292. The quantitative estimate of drug-likeness (QED) is 0.523. The fourth-order valence-electron chi connectivity index (χ4n) is 5.38. The second-order valence-corrected chi connectivity index (χ2v) is 10.6. The van der Waals surface area contributed by atoms with Crippen LogP contribution in [0.4, 0.5) is 5.69 Å². The molecule has 1 aromatic carbocycles. The molecule has 1 saturated carbocycles. The summed E-state index contributed by atoms with van der Waals surface area (Å²) in [4.78, 5) is 7.65. The Balaban J connectivity index is 1.65. The maximum Gasteiger partial charge on any atom is 0.0687 e. The van der Waals surface area contributed by atoms with E-state index in [1.54, 1.807) is 0 Å². The molecule has 2 fully saturated rings. The number of aryl methyl sites for hydroxylation is 2. The SMILES string of the molecule is CC(CC(C)(C)C)=Nc1c(C)cc(CN2CCC3(CCCC3)CC2)cc1C. The summed E-state index contributed by atoms with van der Waals surface area (Å²) >= 11 is 0. The van der Waals surface area contributed by atoms with E-state index in [1.807, 2.05) is 0 Å². The molecule has 0 amide bonds. The van der Waals surface area contributed by atoms with E-state index >= 15 is 0 Å². The first-order valence-electron chi connectivity index (χ1n) is 11.0. The molecule has 0 N–H and O–H groups in total. The van der Waals surface area contributed by atoms with Gasteiger partial charge in [0, 0.05) is 12.3 Å². The first-order valence-corrected chi connectivity index (χ1v) is 11.0. The average Bonchev–Trinajstić information content (AvgIpc) is 3.00. The van der Waals surface area contributed by atoms with Gasteiger partial charge in [-0.15, -0.1) is 0 Å². The molecule has 2 heteroatoms. The van der Waals surface area contributed by atoms with Gasteiger partial charge < -0.3 is 0 Å². The molecule has 3 rings (SSSR count). The molecular formula is C25H40N2. The summed E-state index contributed by atoms with van der Waals surface area (Å²) in [5.41, 5.74) is 7.53. The number of hydrogen-bond donors (Lipinski definition) is 0. The van der Waals surface area contributed by atoms with E-state index in [4.69, 9.17) is 4.99 Å². The first kappa shape index (κ1) is 20.6. The van der Waals surface area contributed by atoms with Crippen molar-refractivity contribution in [2.75, 3.05) is 13.1 Å². The molecule has 2 aliphatic rings. The Morgan fingerprint density at radius 2 is 1.56 bits per heavy atom. The predicted molar refractivity (Wildman–Crippen MR) is 118 cm³/mol. The maximum atomic E-state index is 4.98. The van der Waals surface area contributed by atoms with E-state index in [0.717, 1.165) is 13.0 Å². The van der Waals surface area contributed by atoms with Crippen molar-refractivity contribution in [2.45, 2.75) is 93.0 Å². The van der Waals surface area contributed by atoms with Crippen molar-refractivity contribution in [1.82, 2.24) is 4.90 Å². The van der Waals surface area contributed by atoms with Gasteiger partial charge in [0.1, 0.15) is 0 Å². The van der Waals surface area contributed by atoms with Gasteiger partial charge in [-0.25, -0.2) is 0 Å². The van der Waals surface area contributed by atoms with Crippen molar-refractivity contribution in [3.63, 3.8) is 0 Å². The highest BCUT2D eigenvalue weighted by Gasteiger charge is 2.36. The van der Waals surface area contributed by atoms with Gasteiger partial charge in [0.25, 0.3) is 0 Å². The fraction of sp³-hybridized carbons (Fsp3) is 0.720. The summed E-state index contributed by atoms with van der Waals surface area (Å²) < 4.78 is 0. The standard InChI is InChI=1S/C25H40N2/c1-19-15-22(16-20(2)23(19)26-21(3)17-24(4,5)6)18-27-13-11-25(12-14-27)9-7-8-10-25/h15-16H,7-14,17-18H2,1-6H3. The third-order valence-electron chi connectivity index (χ3n) is 6.63. The largest absolute Gasteiger partial charge is 0.299 e. The second-order valence-electron chi connectivity index (χ2n) is 10.6. The molecule has 150 valence electrons. The van der Waals surface area contributed by atoms with Gasteiger partial charge in [0.2, 0.25) is 0 Å². The van der Waals surface area contributed by atoms with E-state index in [-0.39, 0.29) is 0 Å². The number of aliphatic imine (C=N–C) groups is 1.